The second-order valence-corrected chi connectivity index (χ2v) is 5.43. The zero-order valence-corrected chi connectivity index (χ0v) is 12.8. The Morgan fingerprint density at radius 2 is 2.00 bits per heavy atom. The lowest BCUT2D eigenvalue weighted by molar-refractivity contribution is 0.0943. The van der Waals surface area contributed by atoms with Crippen molar-refractivity contribution in [1.82, 2.24) is 5.32 Å². The highest BCUT2D eigenvalue weighted by atomic mass is 16.1. The van der Waals surface area contributed by atoms with Gasteiger partial charge in [-0.3, -0.25) is 4.79 Å². The normalized spacial score (nSPS) is 10.7. The molecular weight excluding hydrogens is 250 g/mol. The Bertz CT molecular complexity index is 430. The lowest BCUT2D eigenvalue weighted by Crippen LogP contribution is -2.30. The van der Waals surface area contributed by atoms with Crippen molar-refractivity contribution in [1.29, 1.82) is 0 Å². The van der Waals surface area contributed by atoms with Crippen molar-refractivity contribution in [3.05, 3.63) is 29.3 Å². The Kier molecular flexibility index (Phi) is 7.09. The summed E-state index contributed by atoms with van der Waals surface area (Å²) in [5.41, 5.74) is 8.37. The number of rotatable bonds is 8. The van der Waals surface area contributed by atoms with Gasteiger partial charge in [0.2, 0.25) is 0 Å². The highest BCUT2D eigenvalue weighted by molar-refractivity contribution is 5.95. The first-order valence-electron chi connectivity index (χ1n) is 7.40. The van der Waals surface area contributed by atoms with E-state index in [0.29, 0.717) is 5.56 Å². The van der Waals surface area contributed by atoms with Crippen LogP contribution in [-0.2, 0) is 0 Å². The van der Waals surface area contributed by atoms with Crippen LogP contribution in [0.5, 0.6) is 0 Å². The van der Waals surface area contributed by atoms with Crippen LogP contribution in [0.1, 0.15) is 49.0 Å². The van der Waals surface area contributed by atoms with Gasteiger partial charge in [-0.1, -0.05) is 6.42 Å². The van der Waals surface area contributed by atoms with Gasteiger partial charge < -0.3 is 16.4 Å². The van der Waals surface area contributed by atoms with E-state index in [4.69, 9.17) is 5.73 Å². The van der Waals surface area contributed by atoms with Crippen LogP contribution < -0.4 is 16.4 Å². The quantitative estimate of drug-likeness (QED) is 0.640. The van der Waals surface area contributed by atoms with Gasteiger partial charge in [0.05, 0.1) is 0 Å². The highest BCUT2D eigenvalue weighted by Gasteiger charge is 2.08. The van der Waals surface area contributed by atoms with E-state index in [9.17, 15) is 4.79 Å². The van der Waals surface area contributed by atoms with Crippen molar-refractivity contribution >= 4 is 11.6 Å². The maximum atomic E-state index is 11.9. The van der Waals surface area contributed by atoms with Crippen LogP contribution in [0, 0.1) is 6.92 Å². The number of anilines is 1. The SMILES string of the molecule is Cc1cc(C(=O)NC(C)C)ccc1NCCCCCN. The molecule has 0 spiro atoms. The van der Waals surface area contributed by atoms with Gasteiger partial charge in [0.25, 0.3) is 5.91 Å². The number of hydrogen-bond acceptors (Lipinski definition) is 3. The first kappa shape index (κ1) is 16.5. The van der Waals surface area contributed by atoms with Gasteiger partial charge in [-0.2, -0.15) is 0 Å². The van der Waals surface area contributed by atoms with Crippen LogP contribution >= 0.6 is 0 Å². The fourth-order valence-electron chi connectivity index (χ4n) is 2.02. The zero-order chi connectivity index (χ0) is 15.0. The maximum absolute atomic E-state index is 11.9. The average molecular weight is 277 g/mol. The molecule has 0 aliphatic rings. The molecule has 0 unspecified atom stereocenters. The third kappa shape index (κ3) is 5.61. The second-order valence-electron chi connectivity index (χ2n) is 5.43. The van der Waals surface area contributed by atoms with E-state index >= 15 is 0 Å². The molecule has 20 heavy (non-hydrogen) atoms. The molecule has 4 heteroatoms. The molecule has 4 nitrogen and oxygen atoms in total. The first-order chi connectivity index (χ1) is 9.54. The van der Waals surface area contributed by atoms with E-state index in [0.717, 1.165) is 43.6 Å². The molecule has 0 fully saturated rings. The Hall–Kier alpha value is -1.55. The van der Waals surface area contributed by atoms with E-state index in [-0.39, 0.29) is 11.9 Å². The molecule has 0 bridgehead atoms. The molecular formula is C16H27N3O. The van der Waals surface area contributed by atoms with E-state index in [1.54, 1.807) is 0 Å². The number of nitrogens with two attached hydrogens (primary N) is 1. The van der Waals surface area contributed by atoms with Gasteiger partial charge in [-0.25, -0.2) is 0 Å². The summed E-state index contributed by atoms with van der Waals surface area (Å²) in [6, 6.07) is 5.93. The summed E-state index contributed by atoms with van der Waals surface area (Å²) < 4.78 is 0. The summed E-state index contributed by atoms with van der Waals surface area (Å²) in [5, 5.41) is 6.31. The van der Waals surface area contributed by atoms with Gasteiger partial charge >= 0.3 is 0 Å². The van der Waals surface area contributed by atoms with E-state index in [1.807, 2.05) is 39.0 Å². The lowest BCUT2D eigenvalue weighted by Gasteiger charge is -2.12. The molecule has 0 saturated heterocycles. The van der Waals surface area contributed by atoms with Crippen molar-refractivity contribution < 1.29 is 4.79 Å². The monoisotopic (exact) mass is 277 g/mol. The summed E-state index contributed by atoms with van der Waals surface area (Å²) in [6.45, 7) is 7.65. The van der Waals surface area contributed by atoms with Crippen molar-refractivity contribution in [2.45, 2.75) is 46.1 Å². The molecule has 112 valence electrons. The number of aryl methyl sites for hydroxylation is 1. The number of amides is 1. The van der Waals surface area contributed by atoms with Gasteiger partial charge in [0.1, 0.15) is 0 Å². The average Bonchev–Trinajstić information content (AvgIpc) is 2.39. The van der Waals surface area contributed by atoms with Gasteiger partial charge in [-0.15, -0.1) is 0 Å². The third-order valence-electron chi connectivity index (χ3n) is 3.10. The molecule has 0 aromatic heterocycles. The standard InChI is InChI=1S/C16H27N3O/c1-12(2)19-16(20)14-7-8-15(13(3)11-14)18-10-6-4-5-9-17/h7-8,11-12,18H,4-6,9-10,17H2,1-3H3,(H,19,20). The largest absolute Gasteiger partial charge is 0.385 e. The Balaban J connectivity index is 2.53. The fourth-order valence-corrected chi connectivity index (χ4v) is 2.02. The van der Waals surface area contributed by atoms with Gasteiger partial charge in [0.15, 0.2) is 0 Å². The number of nitrogens with one attached hydrogen (secondary N) is 2. The van der Waals surface area contributed by atoms with E-state index in [1.165, 1.54) is 0 Å². The molecule has 1 amide bonds. The van der Waals surface area contributed by atoms with Crippen LogP contribution in [0.4, 0.5) is 5.69 Å². The predicted octanol–water partition coefficient (Wildman–Crippen LogP) is 2.67. The van der Waals surface area contributed by atoms with Gasteiger partial charge in [-0.05, 0) is 63.9 Å². The lowest BCUT2D eigenvalue weighted by atomic mass is 10.1. The minimum atomic E-state index is -0.0161. The molecule has 1 aromatic rings. The summed E-state index contributed by atoms with van der Waals surface area (Å²) in [6.07, 6.45) is 3.35. The summed E-state index contributed by atoms with van der Waals surface area (Å²) in [5.74, 6) is -0.0161. The molecule has 0 aliphatic carbocycles. The minimum Gasteiger partial charge on any atom is -0.385 e. The van der Waals surface area contributed by atoms with Crippen LogP contribution in [0.15, 0.2) is 18.2 Å². The number of carbonyl (C=O) groups excluding carboxylic acids is 1. The second kappa shape index (κ2) is 8.59. The highest BCUT2D eigenvalue weighted by Crippen LogP contribution is 2.17. The zero-order valence-electron chi connectivity index (χ0n) is 12.8. The molecule has 0 radical (unpaired) electrons. The smallest absolute Gasteiger partial charge is 0.251 e. The fraction of sp³-hybridized carbons (Fsp3) is 0.562. The summed E-state index contributed by atoms with van der Waals surface area (Å²) >= 11 is 0. The third-order valence-corrected chi connectivity index (χ3v) is 3.10. The summed E-state index contributed by atoms with van der Waals surface area (Å²) in [7, 11) is 0. The first-order valence-corrected chi connectivity index (χ1v) is 7.40. The van der Waals surface area contributed by atoms with Crippen LogP contribution in [0.3, 0.4) is 0 Å². The minimum absolute atomic E-state index is 0.0161. The molecule has 0 atom stereocenters. The molecule has 0 aliphatic heterocycles. The number of unbranched alkanes of at least 4 members (excludes halogenated alkanes) is 2. The topological polar surface area (TPSA) is 67.2 Å². The molecule has 1 aromatic carbocycles. The summed E-state index contributed by atoms with van der Waals surface area (Å²) in [4.78, 5) is 11.9. The number of carbonyl (C=O) groups is 1. The molecule has 4 N–H and O–H groups in total. The van der Waals surface area contributed by atoms with E-state index < -0.39 is 0 Å². The van der Waals surface area contributed by atoms with Crippen molar-refractivity contribution in [3.8, 4) is 0 Å². The molecule has 1 rings (SSSR count). The number of benzene rings is 1. The van der Waals surface area contributed by atoms with Gasteiger partial charge in [0, 0.05) is 23.8 Å². The van der Waals surface area contributed by atoms with Crippen molar-refractivity contribution in [2.24, 2.45) is 5.73 Å². The van der Waals surface area contributed by atoms with Crippen LogP contribution in [0.2, 0.25) is 0 Å². The maximum Gasteiger partial charge on any atom is 0.251 e. The van der Waals surface area contributed by atoms with Crippen LogP contribution in [-0.4, -0.2) is 25.0 Å². The molecule has 0 heterocycles. The van der Waals surface area contributed by atoms with Crippen molar-refractivity contribution in [2.75, 3.05) is 18.4 Å². The number of hydrogen-bond donors (Lipinski definition) is 3. The van der Waals surface area contributed by atoms with Crippen molar-refractivity contribution in [3.63, 3.8) is 0 Å². The Morgan fingerprint density at radius 3 is 2.60 bits per heavy atom. The molecule has 0 saturated carbocycles. The Morgan fingerprint density at radius 1 is 1.25 bits per heavy atom. The van der Waals surface area contributed by atoms with Crippen LogP contribution in [0.25, 0.3) is 0 Å². The van der Waals surface area contributed by atoms with E-state index in [2.05, 4.69) is 10.6 Å². The predicted molar refractivity (Wildman–Crippen MR) is 85.2 cm³/mol. The Labute approximate surface area is 122 Å².